The number of amides is 1. The average molecular weight is 381 g/mol. The molecule has 26 heavy (non-hydrogen) atoms. The molecule has 4 fully saturated rings. The zero-order valence-corrected chi connectivity index (χ0v) is 16.0. The molecule has 0 bridgehead atoms. The van der Waals surface area contributed by atoms with Gasteiger partial charge in [0, 0.05) is 31.0 Å². The molecule has 144 valence electrons. The largest absolute Gasteiger partial charge is 0.352 e. The number of carbonyl (C=O) groups is 1. The lowest BCUT2D eigenvalue weighted by Crippen LogP contribution is -2.43. The zero-order valence-electron chi connectivity index (χ0n) is 15.2. The number of nitrogens with one attached hydrogen (secondary N) is 1. The summed E-state index contributed by atoms with van der Waals surface area (Å²) < 4.78 is 5.45. The van der Waals surface area contributed by atoms with Gasteiger partial charge in [0.25, 0.3) is 0 Å². The standard InChI is InChI=1S/C19H28N4O2.ClH/c24-19(14-3-1-2-4-14)20-16-10-23(9-15(16)12-5-6-12)11-17-21-18(22-25-17)13-7-8-13;/h12-16H,1-11H2,(H,20,24);1H/t15-,16+;/m1./s1. The zero-order chi connectivity index (χ0) is 16.8. The van der Waals surface area contributed by atoms with Crippen LogP contribution in [-0.4, -0.2) is 40.1 Å². The highest BCUT2D eigenvalue weighted by Gasteiger charge is 2.44. The molecule has 0 spiro atoms. The van der Waals surface area contributed by atoms with E-state index in [-0.39, 0.29) is 18.3 Å². The predicted octanol–water partition coefficient (Wildman–Crippen LogP) is 2.89. The summed E-state index contributed by atoms with van der Waals surface area (Å²) >= 11 is 0. The van der Waals surface area contributed by atoms with Crippen molar-refractivity contribution in [2.75, 3.05) is 13.1 Å². The molecule has 1 saturated heterocycles. The van der Waals surface area contributed by atoms with E-state index in [0.29, 0.717) is 23.8 Å². The molecule has 1 aromatic heterocycles. The number of hydrogen-bond donors (Lipinski definition) is 1. The van der Waals surface area contributed by atoms with Crippen molar-refractivity contribution in [1.82, 2.24) is 20.4 Å². The summed E-state index contributed by atoms with van der Waals surface area (Å²) in [6, 6.07) is 0.298. The Morgan fingerprint density at radius 1 is 1.12 bits per heavy atom. The van der Waals surface area contributed by atoms with Gasteiger partial charge >= 0.3 is 0 Å². The Hall–Kier alpha value is -1.14. The van der Waals surface area contributed by atoms with Crippen molar-refractivity contribution >= 4 is 18.3 Å². The molecule has 6 nitrogen and oxygen atoms in total. The number of rotatable bonds is 6. The molecular weight excluding hydrogens is 352 g/mol. The summed E-state index contributed by atoms with van der Waals surface area (Å²) in [7, 11) is 0. The number of halogens is 1. The second kappa shape index (κ2) is 7.47. The molecule has 1 N–H and O–H groups in total. The molecule has 4 aliphatic rings. The quantitative estimate of drug-likeness (QED) is 0.821. The second-order valence-corrected chi connectivity index (χ2v) is 8.61. The lowest BCUT2D eigenvalue weighted by Gasteiger charge is -2.21. The van der Waals surface area contributed by atoms with Gasteiger partial charge in [-0.2, -0.15) is 4.98 Å². The molecule has 1 aromatic rings. The van der Waals surface area contributed by atoms with E-state index in [1.54, 1.807) is 0 Å². The van der Waals surface area contributed by atoms with Crippen molar-refractivity contribution in [3.63, 3.8) is 0 Å². The summed E-state index contributed by atoms with van der Waals surface area (Å²) in [6.45, 7) is 2.68. The van der Waals surface area contributed by atoms with Crippen molar-refractivity contribution in [3.8, 4) is 0 Å². The van der Waals surface area contributed by atoms with E-state index >= 15 is 0 Å². The molecule has 5 rings (SSSR count). The summed E-state index contributed by atoms with van der Waals surface area (Å²) in [5, 5.41) is 7.52. The van der Waals surface area contributed by atoms with E-state index in [1.165, 1.54) is 38.5 Å². The highest BCUT2D eigenvalue weighted by molar-refractivity contribution is 5.85. The Balaban J connectivity index is 0.00000168. The Bertz CT molecular complexity index is 637. The van der Waals surface area contributed by atoms with Gasteiger partial charge in [-0.25, -0.2) is 0 Å². The Labute approximate surface area is 160 Å². The molecule has 7 heteroatoms. The van der Waals surface area contributed by atoms with Crippen LogP contribution in [0, 0.1) is 17.8 Å². The van der Waals surface area contributed by atoms with E-state index in [0.717, 1.165) is 50.1 Å². The first kappa shape index (κ1) is 18.2. The fourth-order valence-electron chi connectivity index (χ4n) is 4.72. The third kappa shape index (κ3) is 3.91. The number of likely N-dealkylation sites (tertiary alicyclic amines) is 1. The van der Waals surface area contributed by atoms with Crippen molar-refractivity contribution in [2.45, 2.75) is 69.9 Å². The lowest BCUT2D eigenvalue weighted by molar-refractivity contribution is -0.125. The molecule has 3 saturated carbocycles. The van der Waals surface area contributed by atoms with Gasteiger partial charge in [0.05, 0.1) is 6.54 Å². The number of hydrogen-bond acceptors (Lipinski definition) is 5. The van der Waals surface area contributed by atoms with Crippen LogP contribution >= 0.6 is 12.4 Å². The van der Waals surface area contributed by atoms with Crippen LogP contribution in [0.2, 0.25) is 0 Å². The minimum atomic E-state index is 0. The van der Waals surface area contributed by atoms with Crippen molar-refractivity contribution in [1.29, 1.82) is 0 Å². The highest BCUT2D eigenvalue weighted by Crippen LogP contribution is 2.42. The monoisotopic (exact) mass is 380 g/mol. The van der Waals surface area contributed by atoms with Crippen LogP contribution in [0.5, 0.6) is 0 Å². The third-order valence-corrected chi connectivity index (χ3v) is 6.51. The van der Waals surface area contributed by atoms with E-state index in [4.69, 9.17) is 4.52 Å². The van der Waals surface area contributed by atoms with Gasteiger partial charge in [0.15, 0.2) is 5.82 Å². The smallest absolute Gasteiger partial charge is 0.240 e. The Morgan fingerprint density at radius 2 is 1.88 bits per heavy atom. The molecule has 1 amide bonds. The lowest BCUT2D eigenvalue weighted by atomic mass is 9.97. The van der Waals surface area contributed by atoms with Gasteiger partial charge in [0.1, 0.15) is 0 Å². The maximum Gasteiger partial charge on any atom is 0.240 e. The molecule has 0 unspecified atom stereocenters. The fraction of sp³-hybridized carbons (Fsp3) is 0.842. The first-order valence-corrected chi connectivity index (χ1v) is 10.1. The van der Waals surface area contributed by atoms with Crippen LogP contribution in [0.15, 0.2) is 4.52 Å². The van der Waals surface area contributed by atoms with Crippen LogP contribution in [0.25, 0.3) is 0 Å². The number of aromatic nitrogens is 2. The molecular formula is C19H29ClN4O2. The SMILES string of the molecule is Cl.O=C(N[C@H]1CN(Cc2nc(C3CC3)no2)C[C@@H]1C1CC1)C1CCCC1. The van der Waals surface area contributed by atoms with Crippen LogP contribution in [0.3, 0.4) is 0 Å². The first-order valence-electron chi connectivity index (χ1n) is 10.1. The molecule has 0 aromatic carbocycles. The van der Waals surface area contributed by atoms with E-state index in [2.05, 4.69) is 20.4 Å². The van der Waals surface area contributed by atoms with Crippen LogP contribution < -0.4 is 5.32 Å². The Kier molecular flexibility index (Phi) is 5.24. The van der Waals surface area contributed by atoms with Crippen LogP contribution in [0.4, 0.5) is 0 Å². The molecule has 0 radical (unpaired) electrons. The second-order valence-electron chi connectivity index (χ2n) is 8.61. The maximum atomic E-state index is 12.6. The first-order chi connectivity index (χ1) is 12.3. The van der Waals surface area contributed by atoms with Crippen LogP contribution in [0.1, 0.15) is 69.0 Å². The third-order valence-electron chi connectivity index (χ3n) is 6.51. The minimum absolute atomic E-state index is 0. The van der Waals surface area contributed by atoms with Crippen molar-refractivity contribution in [2.24, 2.45) is 17.8 Å². The highest BCUT2D eigenvalue weighted by atomic mass is 35.5. The fourth-order valence-corrected chi connectivity index (χ4v) is 4.72. The van der Waals surface area contributed by atoms with Gasteiger partial charge in [-0.05, 0) is 50.4 Å². The number of nitrogens with zero attached hydrogens (tertiary/aromatic N) is 3. The summed E-state index contributed by atoms with van der Waals surface area (Å²) in [4.78, 5) is 19.5. The minimum Gasteiger partial charge on any atom is -0.352 e. The topological polar surface area (TPSA) is 71.3 Å². The van der Waals surface area contributed by atoms with Crippen molar-refractivity contribution < 1.29 is 9.32 Å². The summed E-state index contributed by atoms with van der Waals surface area (Å²) in [5.41, 5.74) is 0. The van der Waals surface area contributed by atoms with Gasteiger partial charge in [0.2, 0.25) is 11.8 Å². The van der Waals surface area contributed by atoms with Gasteiger partial charge in [-0.15, -0.1) is 12.4 Å². The molecule has 2 atom stereocenters. The van der Waals surface area contributed by atoms with Gasteiger partial charge in [-0.3, -0.25) is 9.69 Å². The summed E-state index contributed by atoms with van der Waals surface area (Å²) in [5.74, 6) is 4.10. The van der Waals surface area contributed by atoms with Crippen molar-refractivity contribution in [3.05, 3.63) is 11.7 Å². The Morgan fingerprint density at radius 3 is 2.58 bits per heavy atom. The van der Waals surface area contributed by atoms with Crippen LogP contribution in [-0.2, 0) is 11.3 Å². The van der Waals surface area contributed by atoms with Gasteiger partial charge < -0.3 is 9.84 Å². The molecule has 2 heterocycles. The molecule has 1 aliphatic heterocycles. The normalized spacial score (nSPS) is 29.7. The van der Waals surface area contributed by atoms with E-state index < -0.39 is 0 Å². The maximum absolute atomic E-state index is 12.6. The number of carbonyl (C=O) groups excluding carboxylic acids is 1. The molecule has 3 aliphatic carbocycles. The summed E-state index contributed by atoms with van der Waals surface area (Å²) in [6.07, 6.45) is 9.60. The predicted molar refractivity (Wildman–Crippen MR) is 98.9 cm³/mol. The van der Waals surface area contributed by atoms with E-state index in [9.17, 15) is 4.79 Å². The van der Waals surface area contributed by atoms with Gasteiger partial charge in [-0.1, -0.05) is 18.0 Å². The average Bonchev–Trinajstić information content (AvgIpc) is 3.49. The van der Waals surface area contributed by atoms with E-state index in [1.807, 2.05) is 0 Å².